The third-order valence-electron chi connectivity index (χ3n) is 2.52. The Morgan fingerprint density at radius 3 is 2.47 bits per heavy atom. The molecule has 0 fully saturated rings. The predicted octanol–water partition coefficient (Wildman–Crippen LogP) is 3.52. The molecule has 1 unspecified atom stereocenters. The van der Waals surface area contributed by atoms with E-state index in [1.165, 1.54) is 0 Å². The lowest BCUT2D eigenvalue weighted by molar-refractivity contribution is -0.146. The fourth-order valence-electron chi connectivity index (χ4n) is 1.53. The fourth-order valence-corrected chi connectivity index (χ4v) is 2.55. The van der Waals surface area contributed by atoms with Gasteiger partial charge in [0.15, 0.2) is 0 Å². The molecule has 0 spiro atoms. The van der Waals surface area contributed by atoms with Crippen molar-refractivity contribution in [3.05, 3.63) is 35.4 Å². The maximum atomic E-state index is 11.8. The zero-order chi connectivity index (χ0) is 14.3. The molecule has 0 bridgehead atoms. The second-order valence-corrected chi connectivity index (χ2v) is 5.69. The van der Waals surface area contributed by atoms with E-state index >= 15 is 0 Å². The summed E-state index contributed by atoms with van der Waals surface area (Å²) in [7, 11) is 0. The van der Waals surface area contributed by atoms with Gasteiger partial charge in [0.25, 0.3) is 0 Å². The molecule has 102 valence electrons. The van der Waals surface area contributed by atoms with Crippen LogP contribution in [0, 0.1) is 11.3 Å². The monoisotopic (exact) mass is 277 g/mol. The van der Waals surface area contributed by atoms with Crippen LogP contribution in [0.25, 0.3) is 0 Å². The lowest BCUT2D eigenvalue weighted by Crippen LogP contribution is -2.22. The Labute approximate surface area is 119 Å². The lowest BCUT2D eigenvalue weighted by atomic mass is 10.2. The highest BCUT2D eigenvalue weighted by Crippen LogP contribution is 2.22. The first kappa shape index (κ1) is 15.6. The molecule has 0 aliphatic rings. The van der Waals surface area contributed by atoms with Gasteiger partial charge in [0, 0.05) is 5.75 Å². The molecular weight excluding hydrogens is 258 g/mol. The van der Waals surface area contributed by atoms with Gasteiger partial charge in [0.1, 0.15) is 5.25 Å². The topological polar surface area (TPSA) is 50.1 Å². The molecule has 3 nitrogen and oxygen atoms in total. The van der Waals surface area contributed by atoms with Gasteiger partial charge in [-0.05, 0) is 38.0 Å². The van der Waals surface area contributed by atoms with Crippen molar-refractivity contribution in [3.8, 4) is 6.07 Å². The molecule has 4 heteroatoms. The summed E-state index contributed by atoms with van der Waals surface area (Å²) in [5.74, 6) is 0.605. The highest BCUT2D eigenvalue weighted by Gasteiger charge is 2.19. The van der Waals surface area contributed by atoms with Crippen LogP contribution in [0.2, 0.25) is 0 Å². The third kappa shape index (κ3) is 5.35. The van der Waals surface area contributed by atoms with Crippen molar-refractivity contribution in [1.29, 1.82) is 5.26 Å². The number of carbonyl (C=O) groups is 1. The van der Waals surface area contributed by atoms with Crippen LogP contribution >= 0.6 is 11.8 Å². The Bertz CT molecular complexity index is 448. The minimum atomic E-state index is -0.142. The number of nitriles is 1. The van der Waals surface area contributed by atoms with E-state index in [4.69, 9.17) is 10.00 Å². The van der Waals surface area contributed by atoms with E-state index in [-0.39, 0.29) is 17.3 Å². The van der Waals surface area contributed by atoms with Crippen LogP contribution in [0.1, 0.15) is 38.3 Å². The fraction of sp³-hybridized carbons (Fsp3) is 0.467. The summed E-state index contributed by atoms with van der Waals surface area (Å²) in [6.07, 6.45) is 0.684. The molecule has 1 aromatic carbocycles. The first-order chi connectivity index (χ1) is 9.06. The number of rotatable bonds is 6. The first-order valence-electron chi connectivity index (χ1n) is 6.38. The highest BCUT2D eigenvalue weighted by atomic mass is 32.2. The summed E-state index contributed by atoms with van der Waals surface area (Å²) in [5.41, 5.74) is 1.76. The minimum absolute atomic E-state index is 0.0722. The molecule has 0 heterocycles. The number of carbonyl (C=O) groups excluding carboxylic acids is 1. The van der Waals surface area contributed by atoms with Gasteiger partial charge in [-0.25, -0.2) is 0 Å². The summed E-state index contributed by atoms with van der Waals surface area (Å²) < 4.78 is 5.23. The molecule has 0 radical (unpaired) electrons. The van der Waals surface area contributed by atoms with Gasteiger partial charge >= 0.3 is 5.97 Å². The Hall–Kier alpha value is -1.47. The quantitative estimate of drug-likeness (QED) is 0.746. The van der Waals surface area contributed by atoms with Crippen molar-refractivity contribution in [2.45, 2.75) is 44.3 Å². The van der Waals surface area contributed by atoms with Gasteiger partial charge in [-0.15, -0.1) is 11.8 Å². The predicted molar refractivity (Wildman–Crippen MR) is 77.8 cm³/mol. The van der Waals surface area contributed by atoms with Crippen molar-refractivity contribution in [1.82, 2.24) is 0 Å². The molecule has 0 saturated carbocycles. The Morgan fingerprint density at radius 2 is 2.00 bits per heavy atom. The van der Waals surface area contributed by atoms with Crippen LogP contribution in [0.5, 0.6) is 0 Å². The minimum Gasteiger partial charge on any atom is -0.462 e. The summed E-state index contributed by atoms with van der Waals surface area (Å²) in [6.45, 7) is 5.70. The number of nitrogens with zero attached hydrogens (tertiary/aromatic N) is 1. The molecule has 0 amide bonds. The molecule has 0 saturated heterocycles. The third-order valence-corrected chi connectivity index (χ3v) is 3.95. The van der Waals surface area contributed by atoms with E-state index in [2.05, 4.69) is 6.07 Å². The van der Waals surface area contributed by atoms with Crippen molar-refractivity contribution in [3.63, 3.8) is 0 Å². The molecule has 1 aromatic rings. The van der Waals surface area contributed by atoms with Crippen molar-refractivity contribution < 1.29 is 9.53 Å². The van der Waals surface area contributed by atoms with Crippen LogP contribution in [-0.2, 0) is 15.3 Å². The van der Waals surface area contributed by atoms with E-state index in [0.717, 1.165) is 17.7 Å². The highest BCUT2D eigenvalue weighted by molar-refractivity contribution is 7.99. The van der Waals surface area contributed by atoms with Crippen LogP contribution in [-0.4, -0.2) is 17.3 Å². The van der Waals surface area contributed by atoms with Crippen LogP contribution < -0.4 is 0 Å². The SMILES string of the molecule is CCC(SCc1ccc(C#N)cc1)C(=O)OC(C)C. The molecule has 0 aromatic heterocycles. The maximum Gasteiger partial charge on any atom is 0.319 e. The molecule has 19 heavy (non-hydrogen) atoms. The van der Waals surface area contributed by atoms with Gasteiger partial charge in [0.05, 0.1) is 17.7 Å². The van der Waals surface area contributed by atoms with Crippen LogP contribution in [0.4, 0.5) is 0 Å². The van der Waals surface area contributed by atoms with Crippen molar-refractivity contribution >= 4 is 17.7 Å². The Kier molecular flexibility index (Phi) is 6.44. The first-order valence-corrected chi connectivity index (χ1v) is 7.42. The summed E-state index contributed by atoms with van der Waals surface area (Å²) in [5, 5.41) is 8.60. The normalized spacial score (nSPS) is 11.9. The van der Waals surface area contributed by atoms with E-state index in [1.807, 2.05) is 32.9 Å². The average molecular weight is 277 g/mol. The van der Waals surface area contributed by atoms with Gasteiger partial charge in [-0.3, -0.25) is 4.79 Å². The van der Waals surface area contributed by atoms with E-state index < -0.39 is 0 Å². The second kappa shape index (κ2) is 7.85. The van der Waals surface area contributed by atoms with E-state index in [9.17, 15) is 4.79 Å². The molecule has 1 atom stereocenters. The lowest BCUT2D eigenvalue weighted by Gasteiger charge is -2.15. The standard InChI is InChI=1S/C15H19NO2S/c1-4-14(15(17)18-11(2)3)19-10-13-7-5-12(9-16)6-8-13/h5-8,11,14H,4,10H2,1-3H3. The Morgan fingerprint density at radius 1 is 1.37 bits per heavy atom. The smallest absolute Gasteiger partial charge is 0.319 e. The number of esters is 1. The molecular formula is C15H19NO2S. The van der Waals surface area contributed by atoms with Gasteiger partial charge in [-0.1, -0.05) is 19.1 Å². The van der Waals surface area contributed by atoms with E-state index in [0.29, 0.717) is 5.56 Å². The summed E-state index contributed by atoms with van der Waals surface area (Å²) in [6, 6.07) is 9.52. The molecule has 1 rings (SSSR count). The van der Waals surface area contributed by atoms with Gasteiger partial charge in [0.2, 0.25) is 0 Å². The molecule has 0 aliphatic heterocycles. The number of hydrogen-bond donors (Lipinski definition) is 0. The van der Waals surface area contributed by atoms with E-state index in [1.54, 1.807) is 23.9 Å². The Balaban J connectivity index is 2.53. The van der Waals surface area contributed by atoms with Crippen LogP contribution in [0.15, 0.2) is 24.3 Å². The number of ether oxygens (including phenoxy) is 1. The largest absolute Gasteiger partial charge is 0.462 e. The maximum absolute atomic E-state index is 11.8. The van der Waals surface area contributed by atoms with Crippen molar-refractivity contribution in [2.75, 3.05) is 0 Å². The average Bonchev–Trinajstić information content (AvgIpc) is 2.39. The number of hydrogen-bond acceptors (Lipinski definition) is 4. The summed E-state index contributed by atoms with van der Waals surface area (Å²) in [4.78, 5) is 11.8. The zero-order valence-corrected chi connectivity index (χ0v) is 12.4. The molecule has 0 N–H and O–H groups in total. The number of benzene rings is 1. The van der Waals surface area contributed by atoms with Crippen molar-refractivity contribution in [2.24, 2.45) is 0 Å². The van der Waals surface area contributed by atoms with Gasteiger partial charge in [-0.2, -0.15) is 5.26 Å². The molecule has 0 aliphatic carbocycles. The second-order valence-electron chi connectivity index (χ2n) is 4.50. The van der Waals surface area contributed by atoms with Gasteiger partial charge < -0.3 is 4.74 Å². The van der Waals surface area contributed by atoms with Crippen LogP contribution in [0.3, 0.4) is 0 Å². The number of thioether (sulfide) groups is 1. The zero-order valence-electron chi connectivity index (χ0n) is 11.6. The summed E-state index contributed by atoms with van der Waals surface area (Å²) >= 11 is 1.58.